The standard InChI is InChI=1S/C44H84O6/c1-5-7-9-11-12-13-14-15-16-17-21-24-28-32-36-43(46)49-39-41(38-48-42(45)35-31-26-10-8-6-2)50-44(47)37-33-29-25-22-19-18-20-23-27-30-34-40(3)4/h40-41H,5-39H2,1-4H3/t41-/m0/s1. The third-order valence-corrected chi connectivity index (χ3v) is 9.79. The molecule has 0 unspecified atom stereocenters. The molecule has 50 heavy (non-hydrogen) atoms. The molecule has 0 aromatic heterocycles. The molecule has 0 fully saturated rings. The minimum absolute atomic E-state index is 0.0651. The number of ether oxygens (including phenoxy) is 3. The summed E-state index contributed by atoms with van der Waals surface area (Å²) in [5.74, 6) is -0.0543. The van der Waals surface area contributed by atoms with Crippen molar-refractivity contribution in [2.45, 2.75) is 246 Å². The van der Waals surface area contributed by atoms with E-state index < -0.39 is 6.10 Å². The van der Waals surface area contributed by atoms with Gasteiger partial charge in [-0.3, -0.25) is 14.4 Å². The molecule has 0 saturated carbocycles. The van der Waals surface area contributed by atoms with Gasteiger partial charge in [0.2, 0.25) is 0 Å². The van der Waals surface area contributed by atoms with Crippen LogP contribution in [-0.4, -0.2) is 37.2 Å². The average molecular weight is 709 g/mol. The fraction of sp³-hybridized carbons (Fsp3) is 0.932. The molecule has 0 spiro atoms. The summed E-state index contributed by atoms with van der Waals surface area (Å²) in [6, 6.07) is 0. The van der Waals surface area contributed by atoms with Gasteiger partial charge in [-0.2, -0.15) is 0 Å². The second kappa shape index (κ2) is 38.6. The van der Waals surface area contributed by atoms with Gasteiger partial charge in [0.25, 0.3) is 0 Å². The SMILES string of the molecule is CCCCCCCCCCCCCCCCC(=O)OC[C@H](COC(=O)CCCCCCC)OC(=O)CCCCCCCCCCCCC(C)C. The van der Waals surface area contributed by atoms with Crippen LogP contribution in [0.2, 0.25) is 0 Å². The van der Waals surface area contributed by atoms with Crippen LogP contribution in [-0.2, 0) is 28.6 Å². The molecule has 0 heterocycles. The molecular weight excluding hydrogens is 624 g/mol. The third-order valence-electron chi connectivity index (χ3n) is 9.79. The Labute approximate surface area is 310 Å². The highest BCUT2D eigenvalue weighted by Crippen LogP contribution is 2.16. The quantitative estimate of drug-likeness (QED) is 0.0359. The first kappa shape index (κ1) is 48.4. The summed E-state index contributed by atoms with van der Waals surface area (Å²) < 4.78 is 16.6. The Morgan fingerprint density at radius 1 is 0.380 bits per heavy atom. The molecule has 6 nitrogen and oxygen atoms in total. The predicted molar refractivity (Wildman–Crippen MR) is 210 cm³/mol. The van der Waals surface area contributed by atoms with Crippen LogP contribution < -0.4 is 0 Å². The van der Waals surface area contributed by atoms with Gasteiger partial charge in [-0.25, -0.2) is 0 Å². The average Bonchev–Trinajstić information content (AvgIpc) is 3.09. The van der Waals surface area contributed by atoms with E-state index in [0.717, 1.165) is 70.1 Å². The Kier molecular flexibility index (Phi) is 37.4. The van der Waals surface area contributed by atoms with E-state index in [-0.39, 0.29) is 31.1 Å². The van der Waals surface area contributed by atoms with Crippen molar-refractivity contribution in [1.82, 2.24) is 0 Å². The fourth-order valence-electron chi connectivity index (χ4n) is 6.45. The summed E-state index contributed by atoms with van der Waals surface area (Å²) in [6.07, 6.45) is 36.8. The summed E-state index contributed by atoms with van der Waals surface area (Å²) in [5.41, 5.74) is 0. The van der Waals surface area contributed by atoms with Gasteiger partial charge in [-0.05, 0) is 25.2 Å². The lowest BCUT2D eigenvalue weighted by molar-refractivity contribution is -0.167. The van der Waals surface area contributed by atoms with Crippen molar-refractivity contribution in [2.75, 3.05) is 13.2 Å². The van der Waals surface area contributed by atoms with Gasteiger partial charge in [-0.15, -0.1) is 0 Å². The van der Waals surface area contributed by atoms with Gasteiger partial charge in [0.15, 0.2) is 6.10 Å². The molecule has 0 aliphatic rings. The van der Waals surface area contributed by atoms with E-state index in [1.54, 1.807) is 0 Å². The maximum atomic E-state index is 12.6. The lowest BCUT2D eigenvalue weighted by Crippen LogP contribution is -2.30. The number of esters is 3. The summed E-state index contributed by atoms with van der Waals surface area (Å²) in [7, 11) is 0. The lowest BCUT2D eigenvalue weighted by atomic mass is 10.0. The van der Waals surface area contributed by atoms with Crippen molar-refractivity contribution in [3.8, 4) is 0 Å². The highest BCUT2D eigenvalue weighted by Gasteiger charge is 2.19. The van der Waals surface area contributed by atoms with E-state index in [9.17, 15) is 14.4 Å². The zero-order valence-electron chi connectivity index (χ0n) is 33.9. The Balaban J connectivity index is 4.20. The normalized spacial score (nSPS) is 11.9. The number of carbonyl (C=O) groups is 3. The van der Waals surface area contributed by atoms with Gasteiger partial charge in [0.1, 0.15) is 13.2 Å². The largest absolute Gasteiger partial charge is 0.462 e. The van der Waals surface area contributed by atoms with Gasteiger partial charge in [0, 0.05) is 19.3 Å². The number of hydrogen-bond donors (Lipinski definition) is 0. The van der Waals surface area contributed by atoms with Crippen LogP contribution in [0.25, 0.3) is 0 Å². The summed E-state index contributed by atoms with van der Waals surface area (Å²) in [6.45, 7) is 8.90. The van der Waals surface area contributed by atoms with Gasteiger partial charge in [0.05, 0.1) is 0 Å². The Bertz CT molecular complexity index is 751. The van der Waals surface area contributed by atoms with Crippen molar-refractivity contribution in [2.24, 2.45) is 5.92 Å². The molecule has 6 heteroatoms. The van der Waals surface area contributed by atoms with Crippen LogP contribution >= 0.6 is 0 Å². The molecular formula is C44H84O6. The molecule has 0 N–H and O–H groups in total. The lowest BCUT2D eigenvalue weighted by Gasteiger charge is -2.18. The first-order valence-electron chi connectivity index (χ1n) is 21.9. The molecule has 0 aliphatic carbocycles. The Hall–Kier alpha value is -1.59. The monoisotopic (exact) mass is 709 g/mol. The molecule has 0 aromatic rings. The van der Waals surface area contributed by atoms with Crippen molar-refractivity contribution in [3.63, 3.8) is 0 Å². The molecule has 1 atom stereocenters. The Morgan fingerprint density at radius 3 is 0.980 bits per heavy atom. The molecule has 0 amide bonds. The molecule has 296 valence electrons. The van der Waals surface area contributed by atoms with Gasteiger partial charge >= 0.3 is 17.9 Å². The Morgan fingerprint density at radius 2 is 0.660 bits per heavy atom. The summed E-state index contributed by atoms with van der Waals surface area (Å²) in [4.78, 5) is 37.4. The molecule has 0 bridgehead atoms. The van der Waals surface area contributed by atoms with Crippen molar-refractivity contribution < 1.29 is 28.6 Å². The van der Waals surface area contributed by atoms with Gasteiger partial charge < -0.3 is 14.2 Å². The minimum atomic E-state index is -0.757. The van der Waals surface area contributed by atoms with Crippen LogP contribution in [0, 0.1) is 5.92 Å². The first-order chi connectivity index (χ1) is 24.4. The highest BCUT2D eigenvalue weighted by atomic mass is 16.6. The fourth-order valence-corrected chi connectivity index (χ4v) is 6.45. The molecule has 0 saturated heterocycles. The highest BCUT2D eigenvalue weighted by molar-refractivity contribution is 5.71. The van der Waals surface area contributed by atoms with E-state index in [1.165, 1.54) is 128 Å². The van der Waals surface area contributed by atoms with Crippen molar-refractivity contribution >= 4 is 17.9 Å². The first-order valence-corrected chi connectivity index (χ1v) is 21.9. The van der Waals surface area contributed by atoms with E-state index in [0.29, 0.717) is 19.3 Å². The summed E-state index contributed by atoms with van der Waals surface area (Å²) in [5, 5.41) is 0. The van der Waals surface area contributed by atoms with Crippen LogP contribution in [0.3, 0.4) is 0 Å². The number of unbranched alkanes of at least 4 members (excludes halogenated alkanes) is 26. The second-order valence-electron chi connectivity index (χ2n) is 15.5. The van der Waals surface area contributed by atoms with Crippen LogP contribution in [0.15, 0.2) is 0 Å². The maximum Gasteiger partial charge on any atom is 0.306 e. The second-order valence-corrected chi connectivity index (χ2v) is 15.5. The van der Waals surface area contributed by atoms with E-state index >= 15 is 0 Å². The third kappa shape index (κ3) is 37.7. The zero-order chi connectivity index (χ0) is 36.8. The minimum Gasteiger partial charge on any atom is -0.462 e. The number of rotatable bonds is 39. The smallest absolute Gasteiger partial charge is 0.306 e. The number of carbonyl (C=O) groups excluding carboxylic acids is 3. The van der Waals surface area contributed by atoms with Crippen LogP contribution in [0.5, 0.6) is 0 Å². The van der Waals surface area contributed by atoms with E-state index in [2.05, 4.69) is 27.7 Å². The van der Waals surface area contributed by atoms with E-state index in [4.69, 9.17) is 14.2 Å². The van der Waals surface area contributed by atoms with Crippen molar-refractivity contribution in [3.05, 3.63) is 0 Å². The van der Waals surface area contributed by atoms with Gasteiger partial charge in [-0.1, -0.05) is 201 Å². The van der Waals surface area contributed by atoms with Crippen LogP contribution in [0.4, 0.5) is 0 Å². The molecule has 0 aliphatic heterocycles. The molecule has 0 aromatic carbocycles. The topological polar surface area (TPSA) is 78.9 Å². The van der Waals surface area contributed by atoms with Crippen LogP contribution in [0.1, 0.15) is 240 Å². The van der Waals surface area contributed by atoms with Crippen molar-refractivity contribution in [1.29, 1.82) is 0 Å². The zero-order valence-corrected chi connectivity index (χ0v) is 33.9. The summed E-state index contributed by atoms with van der Waals surface area (Å²) >= 11 is 0. The maximum absolute atomic E-state index is 12.6. The molecule has 0 radical (unpaired) electrons. The number of hydrogen-bond acceptors (Lipinski definition) is 6. The predicted octanol–water partition coefficient (Wildman–Crippen LogP) is 13.6. The molecule has 0 rings (SSSR count). The van der Waals surface area contributed by atoms with E-state index in [1.807, 2.05) is 0 Å².